The number of nitrogens with zero attached hydrogens (tertiary/aromatic N) is 4. The number of quaternary nitrogens is 1. The highest BCUT2D eigenvalue weighted by Crippen LogP contribution is 2.16. The Morgan fingerprint density at radius 2 is 1.01 bits per heavy atom. The number of aliphatic carboxylic acids is 1. The van der Waals surface area contributed by atoms with Crippen LogP contribution in [0.5, 0.6) is 5.75 Å². The molecular weight excluding hydrogens is 1060 g/mol. The zero-order valence-electron chi connectivity index (χ0n) is 46.1. The van der Waals surface area contributed by atoms with Crippen molar-refractivity contribution >= 4 is 62.6 Å². The van der Waals surface area contributed by atoms with Crippen LogP contribution in [0, 0.1) is 34.6 Å². The Morgan fingerprint density at radius 3 is 1.24 bits per heavy atom. The van der Waals surface area contributed by atoms with Gasteiger partial charge in [0.05, 0.1) is 67.5 Å². The van der Waals surface area contributed by atoms with Crippen LogP contribution in [0.4, 0.5) is 5.69 Å². The van der Waals surface area contributed by atoms with E-state index in [1.807, 2.05) is 120 Å². The van der Waals surface area contributed by atoms with Crippen molar-refractivity contribution in [2.24, 2.45) is 4.99 Å². The van der Waals surface area contributed by atoms with Crippen LogP contribution in [0.2, 0.25) is 0 Å². The number of hydrogen-bond donors (Lipinski definition) is 2. The van der Waals surface area contributed by atoms with Gasteiger partial charge in [-0.3, -0.25) is 9.59 Å². The molecule has 6 aromatic rings. The molecule has 0 atom stereocenters. The number of isocyanates is 1. The molecule has 2 heterocycles. The van der Waals surface area contributed by atoms with Crippen LogP contribution >= 0.6 is 27.5 Å². The molecule has 76 heavy (non-hydrogen) atoms. The lowest BCUT2D eigenvalue weighted by molar-refractivity contribution is -0.864. The molecule has 0 radical (unpaired) electrons. The van der Waals surface area contributed by atoms with Crippen LogP contribution in [0.15, 0.2) is 139 Å². The van der Waals surface area contributed by atoms with Gasteiger partial charge in [-0.2, -0.15) is 4.99 Å². The highest BCUT2D eigenvalue weighted by atomic mass is 79.9. The highest BCUT2D eigenvalue weighted by molar-refractivity contribution is 9.09. The molecule has 0 aliphatic heterocycles. The Labute approximate surface area is 463 Å². The van der Waals surface area contributed by atoms with Gasteiger partial charge in [-0.1, -0.05) is 102 Å². The number of aryl methyl sites for hydroxylation is 5. The number of ether oxygens (including phenoxy) is 1. The Kier molecular flexibility index (Phi) is 49.2. The van der Waals surface area contributed by atoms with E-state index < -0.39 is 5.97 Å². The first-order valence-corrected chi connectivity index (χ1v) is 24.9. The van der Waals surface area contributed by atoms with Crippen LogP contribution in [0.25, 0.3) is 11.4 Å². The number of oxazole rings is 2. The number of benzene rings is 4. The van der Waals surface area contributed by atoms with E-state index in [0.29, 0.717) is 22.1 Å². The van der Waals surface area contributed by atoms with Gasteiger partial charge in [0.1, 0.15) is 43.0 Å². The molecule has 0 saturated carbocycles. The maximum Gasteiger partial charge on any atom is 0.423 e. The lowest BCUT2D eigenvalue weighted by atomic mass is 10.2. The minimum Gasteiger partial charge on any atom is -0.544 e. The van der Waals surface area contributed by atoms with Crippen molar-refractivity contribution < 1.29 is 57.3 Å². The van der Waals surface area contributed by atoms with E-state index in [1.165, 1.54) is 62.0 Å². The summed E-state index contributed by atoms with van der Waals surface area (Å²) in [7, 11) is 5.40. The van der Waals surface area contributed by atoms with Crippen molar-refractivity contribution in [1.29, 1.82) is 0 Å². The standard InChI is InChI=1S/C12H13NO3.C11H11NO2.C8H7NO.C7H8.C5H11NO2.C3H5BrO.C3H6O2.C3H6O.C2H5Cl.C2H6O.CH4/c1-3-15-11-6-4-10(5-7-11)13-9(2)8-16-12(13)14;1-8-3-5-10(6-4-8)12-9(2)7-14-11(12)13;1-7-2-4-8(5-3-7)9-6-10;1-7-5-3-2-4-6-7;1-6(2,3)4-5(7)8;2*1-3(5)2-4;1-3(2)4;2*1-2-3;/h4-8H,3H2,1-2H3;3-7H,1-2H3;2-5H,1H3;2-6H,1H3;4H2,1-3H3;2H2,1H3;4H,2H2,1H3;1-2H3;2H2,1H3;3H,2H2,1H3;1H4. The quantitative estimate of drug-likeness (QED) is 0.0594. The van der Waals surface area contributed by atoms with Crippen LogP contribution in [-0.4, -0.2) is 112 Å². The number of hydrogen-bond acceptors (Lipinski definition) is 14. The number of carbonyl (C=O) groups is 4. The summed E-state index contributed by atoms with van der Waals surface area (Å²) in [6, 6.07) is 32.7. The topological polar surface area (TPSA) is 241 Å². The summed E-state index contributed by atoms with van der Waals surface area (Å²) in [4.78, 5) is 74.6. The Hall–Kier alpha value is -6.79. The number of carbonyl (C=O) groups excluding carboxylic acids is 5. The maximum atomic E-state index is 11.4. The lowest BCUT2D eigenvalue weighted by Gasteiger charge is -2.23. The number of Topliss-reactive ketones (excluding diaryl/α,β-unsaturated/α-hetero) is 3. The van der Waals surface area contributed by atoms with E-state index >= 15 is 0 Å². The summed E-state index contributed by atoms with van der Waals surface area (Å²) >= 11 is 7.96. The average Bonchev–Trinajstić information content (AvgIpc) is 3.86. The number of carboxylic acid groups (broad SMARTS) is 1. The predicted octanol–water partition coefficient (Wildman–Crippen LogP) is 9.60. The summed E-state index contributed by atoms with van der Waals surface area (Å²) in [5, 5.41) is 25.7. The number of carboxylic acids is 1. The van der Waals surface area contributed by atoms with E-state index in [2.05, 4.69) is 40.0 Å². The number of aromatic nitrogens is 2. The second-order valence-corrected chi connectivity index (χ2v) is 17.5. The van der Waals surface area contributed by atoms with E-state index in [9.17, 15) is 38.7 Å². The van der Waals surface area contributed by atoms with Gasteiger partial charge in [0.15, 0.2) is 5.78 Å². The molecule has 2 N–H and O–H groups in total. The zero-order chi connectivity index (χ0) is 58.5. The van der Waals surface area contributed by atoms with E-state index in [4.69, 9.17) is 35.4 Å². The Bertz CT molecular complexity index is 2570. The van der Waals surface area contributed by atoms with E-state index in [1.54, 1.807) is 44.8 Å². The van der Waals surface area contributed by atoms with Crippen LogP contribution < -0.4 is 21.4 Å². The number of alkyl halides is 2. The van der Waals surface area contributed by atoms with Gasteiger partial charge in [0.2, 0.25) is 6.08 Å². The molecule has 0 fully saturated rings. The summed E-state index contributed by atoms with van der Waals surface area (Å²) in [5.41, 5.74) is 7.50. The zero-order valence-corrected chi connectivity index (χ0v) is 48.5. The number of rotatable bonds is 9. The molecule has 17 nitrogen and oxygen atoms in total. The average molecular weight is 1150 g/mol. The van der Waals surface area contributed by atoms with Crippen molar-refractivity contribution in [2.45, 2.75) is 90.5 Å². The molecule has 0 unspecified atom stereocenters. The molecule has 0 aliphatic carbocycles. The number of halogens is 2. The molecule has 4 aromatic carbocycles. The largest absolute Gasteiger partial charge is 0.544 e. The van der Waals surface area contributed by atoms with Crippen LogP contribution in [-0.2, 0) is 24.0 Å². The molecule has 6 rings (SSSR count). The molecule has 19 heteroatoms. The van der Waals surface area contributed by atoms with Crippen molar-refractivity contribution in [2.75, 3.05) is 58.7 Å². The first kappa shape index (κ1) is 78.1. The molecule has 0 amide bonds. The normalized spacial score (nSPS) is 9.04. The van der Waals surface area contributed by atoms with Gasteiger partial charge >= 0.3 is 11.5 Å². The second-order valence-electron chi connectivity index (χ2n) is 16.4. The molecule has 0 saturated heterocycles. The predicted molar refractivity (Wildman–Crippen MR) is 307 cm³/mol. The van der Waals surface area contributed by atoms with Gasteiger partial charge in [-0.15, -0.1) is 11.6 Å². The minimum atomic E-state index is -1.00. The second kappa shape index (κ2) is 47.9. The molecule has 422 valence electrons. The first-order chi connectivity index (χ1) is 35.1. The third-order valence-electron chi connectivity index (χ3n) is 7.59. The van der Waals surface area contributed by atoms with Gasteiger partial charge < -0.3 is 43.0 Å². The fourth-order valence-corrected chi connectivity index (χ4v) is 4.53. The minimum absolute atomic E-state index is 0. The van der Waals surface area contributed by atoms with Crippen molar-refractivity contribution in [3.63, 3.8) is 0 Å². The number of ketones is 3. The van der Waals surface area contributed by atoms with Gasteiger partial charge in [0, 0.05) is 12.5 Å². The van der Waals surface area contributed by atoms with Crippen LogP contribution in [0.3, 0.4) is 0 Å². The summed E-state index contributed by atoms with van der Waals surface area (Å²) in [6.45, 7) is 21.8. The van der Waals surface area contributed by atoms with Gasteiger partial charge in [-0.25, -0.2) is 23.5 Å². The van der Waals surface area contributed by atoms with Crippen molar-refractivity contribution in [1.82, 2.24) is 9.13 Å². The SMILES string of the molecule is C.CC(=O)CBr.CC(=O)CO.CC(C)=O.CCCl.CCO.CCOc1ccc(-n2c(C)coc2=O)cc1.C[N+](C)(C)CC(=O)[O-].Cc1ccc(-n2c(C)coc2=O)cc1.Cc1ccc(N=C=O)cc1.Cc1ccccc1. The number of aliphatic hydroxyl groups is 2. The fourth-order valence-electron chi connectivity index (χ4n) is 4.53. The molecule has 0 bridgehead atoms. The number of aliphatic imine (C=N–C) groups is 1. The third kappa shape index (κ3) is 45.8. The third-order valence-corrected chi connectivity index (χ3v) is 8.38. The summed E-state index contributed by atoms with van der Waals surface area (Å²) in [5.74, 6) is -0.0547. The summed E-state index contributed by atoms with van der Waals surface area (Å²) in [6.07, 6.45) is 4.38. The van der Waals surface area contributed by atoms with E-state index in [0.717, 1.165) is 40.0 Å². The maximum absolute atomic E-state index is 11.4. The van der Waals surface area contributed by atoms with Crippen molar-refractivity contribution in [3.8, 4) is 17.1 Å². The van der Waals surface area contributed by atoms with Gasteiger partial charge in [-0.05, 0) is 125 Å². The Balaban J connectivity index is -0.000000258. The molecule has 2 aromatic heterocycles. The smallest absolute Gasteiger partial charge is 0.423 e. The first-order valence-electron chi connectivity index (χ1n) is 23.3. The monoisotopic (exact) mass is 1140 g/mol. The fraction of sp³-hybridized carbons (Fsp3) is 0.386. The number of likely N-dealkylation sites (N-methyl/N-ethyl adjacent to an activating group) is 1. The Morgan fingerprint density at radius 1 is 0.684 bits per heavy atom. The number of aliphatic hydroxyl groups excluding tert-OH is 2. The lowest BCUT2D eigenvalue weighted by Crippen LogP contribution is -2.45. The molecular formula is C57H82BrClN4O13. The molecule has 0 aliphatic rings. The van der Waals surface area contributed by atoms with Gasteiger partial charge in [0.25, 0.3) is 0 Å². The van der Waals surface area contributed by atoms with Crippen LogP contribution in [0.1, 0.15) is 84.0 Å². The molecule has 0 spiro atoms. The highest BCUT2D eigenvalue weighted by Gasteiger charge is 2.07. The van der Waals surface area contributed by atoms with Crippen molar-refractivity contribution in [3.05, 3.63) is 165 Å². The summed E-state index contributed by atoms with van der Waals surface area (Å²) < 4.78 is 18.4. The van der Waals surface area contributed by atoms with E-state index in [-0.39, 0.29) is 56.0 Å².